The fraction of sp³-hybridized carbons (Fsp3) is 0.270. The number of benzene rings is 3. The van der Waals surface area contributed by atoms with Gasteiger partial charge in [0.05, 0.1) is 34.7 Å². The van der Waals surface area contributed by atoms with Crippen LogP contribution < -0.4 is 15.7 Å². The summed E-state index contributed by atoms with van der Waals surface area (Å²) in [6.07, 6.45) is 4.59. The summed E-state index contributed by atoms with van der Waals surface area (Å²) in [7, 11) is 0. The topological polar surface area (TPSA) is 111 Å². The fourth-order valence-corrected chi connectivity index (χ4v) is 6.56. The molecule has 0 unspecified atom stereocenters. The first-order valence-corrected chi connectivity index (χ1v) is 17.4. The number of carbonyl (C=O) groups is 2. The molecular formula is C37H34BrClN6O4. The van der Waals surface area contributed by atoms with E-state index in [9.17, 15) is 14.4 Å². The van der Waals surface area contributed by atoms with Crippen molar-refractivity contribution in [2.45, 2.75) is 64.9 Å². The fourth-order valence-electron chi connectivity index (χ4n) is 6.13. The maximum Gasteiger partial charge on any atom is 0.333 e. The Morgan fingerprint density at radius 3 is 2.55 bits per heavy atom. The predicted molar refractivity (Wildman–Crippen MR) is 190 cm³/mol. The number of amides is 2. The molecule has 250 valence electrons. The zero-order chi connectivity index (χ0) is 34.2. The number of ether oxygens (including phenoxy) is 1. The van der Waals surface area contributed by atoms with Crippen LogP contribution in [0.3, 0.4) is 0 Å². The lowest BCUT2D eigenvalue weighted by atomic mass is 10.0. The highest BCUT2D eigenvalue weighted by atomic mass is 79.9. The lowest BCUT2D eigenvalue weighted by Crippen LogP contribution is -2.47. The molecule has 10 nitrogen and oxygen atoms in total. The van der Waals surface area contributed by atoms with Gasteiger partial charge in [0, 0.05) is 40.4 Å². The first-order valence-electron chi connectivity index (χ1n) is 16.3. The number of aryl methyl sites for hydroxylation is 1. The van der Waals surface area contributed by atoms with Gasteiger partial charge in [0.15, 0.2) is 0 Å². The molecule has 0 saturated heterocycles. The van der Waals surface area contributed by atoms with Crippen molar-refractivity contribution in [3.63, 3.8) is 0 Å². The summed E-state index contributed by atoms with van der Waals surface area (Å²) >= 11 is 9.72. The maximum atomic E-state index is 14.3. The molecular weight excluding hydrogens is 708 g/mol. The average Bonchev–Trinajstić information content (AvgIpc) is 3.90. The van der Waals surface area contributed by atoms with Crippen molar-refractivity contribution in [3.05, 3.63) is 127 Å². The number of hydrogen-bond acceptors (Lipinski definition) is 6. The first kappa shape index (κ1) is 32.8. The van der Waals surface area contributed by atoms with Crippen molar-refractivity contribution >= 4 is 39.3 Å². The summed E-state index contributed by atoms with van der Waals surface area (Å²) < 4.78 is 9.66. The lowest BCUT2D eigenvalue weighted by molar-refractivity contribution is 0.0610. The monoisotopic (exact) mass is 740 g/mol. The van der Waals surface area contributed by atoms with E-state index < -0.39 is 5.91 Å². The van der Waals surface area contributed by atoms with Crippen LogP contribution in [0.1, 0.15) is 64.5 Å². The second-order valence-corrected chi connectivity index (χ2v) is 13.6. The quantitative estimate of drug-likeness (QED) is 0.183. The Kier molecular flexibility index (Phi) is 9.13. The lowest BCUT2D eigenvalue weighted by Gasteiger charge is -2.34. The number of fused-ring (bicyclic) bond motifs is 1. The first-order chi connectivity index (χ1) is 23.7. The number of carbonyl (C=O) groups excluding carboxylic acids is 2. The smallest absolute Gasteiger partial charge is 0.333 e. The van der Waals surface area contributed by atoms with E-state index in [1.54, 1.807) is 46.1 Å². The van der Waals surface area contributed by atoms with Crippen molar-refractivity contribution in [1.29, 1.82) is 0 Å². The molecule has 0 radical (unpaired) electrons. The molecule has 2 aromatic heterocycles. The zero-order valence-electron chi connectivity index (χ0n) is 27.0. The third-order valence-electron chi connectivity index (χ3n) is 8.93. The van der Waals surface area contributed by atoms with Gasteiger partial charge in [-0.25, -0.2) is 14.8 Å². The van der Waals surface area contributed by atoms with Crippen LogP contribution in [-0.2, 0) is 26.1 Å². The summed E-state index contributed by atoms with van der Waals surface area (Å²) in [5.74, 6) is 0.0245. The molecule has 12 heteroatoms. The summed E-state index contributed by atoms with van der Waals surface area (Å²) in [5.41, 5.74) is 4.63. The molecule has 5 aromatic rings. The highest BCUT2D eigenvalue weighted by Gasteiger charge is 2.35. The molecule has 1 N–H and O–H groups in total. The number of halogens is 2. The third-order valence-corrected chi connectivity index (χ3v) is 10.2. The van der Waals surface area contributed by atoms with Gasteiger partial charge in [0.2, 0.25) is 0 Å². The molecule has 2 amide bonds. The summed E-state index contributed by atoms with van der Waals surface area (Å²) in [6.45, 7) is 4.38. The Balaban J connectivity index is 1.25. The summed E-state index contributed by atoms with van der Waals surface area (Å²) in [5, 5.41) is 3.49. The van der Waals surface area contributed by atoms with Crippen molar-refractivity contribution in [2.75, 3.05) is 0 Å². The van der Waals surface area contributed by atoms with Gasteiger partial charge in [-0.15, -0.1) is 0 Å². The van der Waals surface area contributed by atoms with Crippen LogP contribution in [0.15, 0.2) is 88.4 Å². The largest absolute Gasteiger partial charge is 0.490 e. The number of imidazole rings is 1. The van der Waals surface area contributed by atoms with Crippen LogP contribution in [0.4, 0.5) is 0 Å². The Bertz CT molecular complexity index is 2120. The van der Waals surface area contributed by atoms with Crippen molar-refractivity contribution in [1.82, 2.24) is 29.3 Å². The van der Waals surface area contributed by atoms with Gasteiger partial charge in [-0.3, -0.25) is 18.7 Å². The minimum Gasteiger partial charge on any atom is -0.490 e. The van der Waals surface area contributed by atoms with E-state index in [-0.39, 0.29) is 49.1 Å². The minimum atomic E-state index is -0.440. The van der Waals surface area contributed by atoms with Gasteiger partial charge in [-0.1, -0.05) is 42.8 Å². The third kappa shape index (κ3) is 6.65. The van der Waals surface area contributed by atoms with Gasteiger partial charge < -0.3 is 15.0 Å². The summed E-state index contributed by atoms with van der Waals surface area (Å²) in [4.78, 5) is 52.8. The van der Waals surface area contributed by atoms with Gasteiger partial charge in [0.25, 0.3) is 11.8 Å². The van der Waals surface area contributed by atoms with Crippen molar-refractivity contribution in [3.8, 4) is 22.7 Å². The average molecular weight is 742 g/mol. The molecule has 7 rings (SSSR count). The van der Waals surface area contributed by atoms with Gasteiger partial charge >= 0.3 is 5.69 Å². The molecule has 3 heterocycles. The van der Waals surface area contributed by atoms with Crippen LogP contribution in [0.5, 0.6) is 5.75 Å². The van der Waals surface area contributed by atoms with Crippen molar-refractivity contribution < 1.29 is 14.3 Å². The Labute approximate surface area is 296 Å². The van der Waals surface area contributed by atoms with E-state index in [4.69, 9.17) is 16.3 Å². The molecule has 0 bridgehead atoms. The highest BCUT2D eigenvalue weighted by Crippen LogP contribution is 2.30. The van der Waals surface area contributed by atoms with E-state index in [0.717, 1.165) is 41.8 Å². The Morgan fingerprint density at radius 2 is 1.82 bits per heavy atom. The molecule has 3 aromatic carbocycles. The molecule has 1 aliphatic heterocycles. The summed E-state index contributed by atoms with van der Waals surface area (Å²) in [6, 6.07) is 21.6. The normalized spacial score (nSPS) is 15.5. The molecule has 0 spiro atoms. The van der Waals surface area contributed by atoms with Crippen LogP contribution in [0.25, 0.3) is 16.9 Å². The molecule has 2 aliphatic rings. The van der Waals surface area contributed by atoms with E-state index in [2.05, 4.69) is 31.2 Å². The zero-order valence-corrected chi connectivity index (χ0v) is 29.4. The van der Waals surface area contributed by atoms with Gasteiger partial charge in [-0.2, -0.15) is 0 Å². The van der Waals surface area contributed by atoms with E-state index in [0.29, 0.717) is 32.2 Å². The van der Waals surface area contributed by atoms with E-state index >= 15 is 0 Å². The predicted octanol–water partition coefficient (Wildman–Crippen LogP) is 6.59. The number of rotatable bonds is 9. The molecule has 1 fully saturated rings. The molecule has 1 atom stereocenters. The van der Waals surface area contributed by atoms with Crippen LogP contribution in [0.2, 0.25) is 5.02 Å². The molecule has 1 aliphatic carbocycles. The Morgan fingerprint density at radius 1 is 1.04 bits per heavy atom. The SMILES string of the molecule is CCc1cc(-c2ccccc2CNC(=O)c2c3n(c(=O)n2-c2ccc(OC4CC4)cc2)C[C@@H](C)N(C(=O)c2ccc(Br)c(Cl)c2)C3)ncn1. The molecule has 49 heavy (non-hydrogen) atoms. The van der Waals surface area contributed by atoms with Gasteiger partial charge in [0.1, 0.15) is 17.8 Å². The Hall–Kier alpha value is -4.74. The number of nitrogens with zero attached hydrogens (tertiary/aromatic N) is 5. The second-order valence-electron chi connectivity index (χ2n) is 12.3. The van der Waals surface area contributed by atoms with Gasteiger partial charge in [-0.05, 0) is 96.2 Å². The second kappa shape index (κ2) is 13.6. The minimum absolute atomic E-state index is 0.0544. The van der Waals surface area contributed by atoms with Crippen LogP contribution >= 0.6 is 27.5 Å². The van der Waals surface area contributed by atoms with E-state index in [1.165, 1.54) is 4.57 Å². The number of hydrogen-bond donors (Lipinski definition) is 1. The number of aromatic nitrogens is 4. The van der Waals surface area contributed by atoms with E-state index in [1.807, 2.05) is 56.3 Å². The van der Waals surface area contributed by atoms with Crippen LogP contribution in [0, 0.1) is 0 Å². The van der Waals surface area contributed by atoms with Crippen molar-refractivity contribution in [2.24, 2.45) is 0 Å². The maximum absolute atomic E-state index is 14.3. The van der Waals surface area contributed by atoms with Crippen LogP contribution in [-0.4, -0.2) is 48.0 Å². The standard InChI is InChI=1S/C37H34BrClN6O4/c1-3-25-17-32(42-21-41-25)29-7-5-4-6-24(29)18-40-35(46)34-33-20-43(36(47)23-8-15-30(38)31(39)16-23)22(2)19-44(33)37(48)45(34)26-9-11-27(12-10-26)49-28-13-14-28/h4-12,15-17,21-22,28H,3,13-14,18-20H2,1-2H3,(H,40,46)/t22-/m1/s1. The molecule has 1 saturated carbocycles. The number of nitrogens with one attached hydrogen (secondary N) is 1. The highest BCUT2D eigenvalue weighted by molar-refractivity contribution is 9.10.